The normalized spacial score (nSPS) is 10.5. The van der Waals surface area contributed by atoms with Crippen LogP contribution in [0.5, 0.6) is 11.5 Å². The number of amides is 3. The van der Waals surface area contributed by atoms with Gasteiger partial charge >= 0.3 is 0 Å². The van der Waals surface area contributed by atoms with Crippen LogP contribution >= 0.6 is 0 Å². The van der Waals surface area contributed by atoms with Crippen LogP contribution in [0, 0.1) is 0 Å². The van der Waals surface area contributed by atoms with Crippen molar-refractivity contribution < 1.29 is 23.9 Å². The molecule has 9 nitrogen and oxygen atoms in total. The standard InChI is InChI=1S/C24H28N4O5/c1-3-12-33-19-8-9-20-17(13-19)14-21(26-20)24(31)28-27-23(30)11-10-22(29)25-15-16-4-6-18(32-2)7-5-16/h4-9,13-14,26H,3,10-12,15H2,1-2H3,(H,25,29)(H,27,30)(H,28,31). The molecule has 0 spiro atoms. The third kappa shape index (κ3) is 6.99. The van der Waals surface area contributed by atoms with Crippen molar-refractivity contribution in [3.63, 3.8) is 0 Å². The maximum absolute atomic E-state index is 12.3. The molecule has 33 heavy (non-hydrogen) atoms. The lowest BCUT2D eigenvalue weighted by Gasteiger charge is -2.08. The molecule has 0 unspecified atom stereocenters. The predicted octanol–water partition coefficient (Wildman–Crippen LogP) is 2.82. The molecule has 9 heteroatoms. The van der Waals surface area contributed by atoms with Crippen molar-refractivity contribution in [2.45, 2.75) is 32.7 Å². The average Bonchev–Trinajstić information content (AvgIpc) is 3.27. The third-order valence-electron chi connectivity index (χ3n) is 4.85. The van der Waals surface area contributed by atoms with Gasteiger partial charge in [-0.05, 0) is 48.4 Å². The minimum Gasteiger partial charge on any atom is -0.497 e. The Balaban J connectivity index is 1.40. The van der Waals surface area contributed by atoms with E-state index >= 15 is 0 Å². The summed E-state index contributed by atoms with van der Waals surface area (Å²) in [5, 5.41) is 3.58. The number of fused-ring (bicyclic) bond motifs is 1. The Morgan fingerprint density at radius 2 is 1.64 bits per heavy atom. The molecule has 2 aromatic carbocycles. The highest BCUT2D eigenvalue weighted by Crippen LogP contribution is 2.22. The number of rotatable bonds is 10. The molecule has 0 bridgehead atoms. The van der Waals surface area contributed by atoms with Crippen LogP contribution in [0.4, 0.5) is 0 Å². The summed E-state index contributed by atoms with van der Waals surface area (Å²) in [5.74, 6) is 0.258. The molecule has 174 valence electrons. The van der Waals surface area contributed by atoms with Crippen LogP contribution in [0.15, 0.2) is 48.5 Å². The summed E-state index contributed by atoms with van der Waals surface area (Å²) >= 11 is 0. The Morgan fingerprint density at radius 3 is 2.36 bits per heavy atom. The third-order valence-corrected chi connectivity index (χ3v) is 4.85. The number of methoxy groups -OCH3 is 1. The summed E-state index contributed by atoms with van der Waals surface area (Å²) in [4.78, 5) is 39.3. The zero-order valence-corrected chi connectivity index (χ0v) is 18.7. The first-order valence-corrected chi connectivity index (χ1v) is 10.7. The summed E-state index contributed by atoms with van der Waals surface area (Å²) in [7, 11) is 1.59. The summed E-state index contributed by atoms with van der Waals surface area (Å²) < 4.78 is 10.7. The highest BCUT2D eigenvalue weighted by Gasteiger charge is 2.12. The number of aromatic amines is 1. The van der Waals surface area contributed by atoms with Gasteiger partial charge in [0.2, 0.25) is 11.8 Å². The van der Waals surface area contributed by atoms with Crippen molar-refractivity contribution >= 4 is 28.6 Å². The van der Waals surface area contributed by atoms with Crippen LogP contribution in [0.1, 0.15) is 42.2 Å². The van der Waals surface area contributed by atoms with Gasteiger partial charge in [0, 0.05) is 30.3 Å². The molecule has 3 rings (SSSR count). The number of hydrazine groups is 1. The molecule has 4 N–H and O–H groups in total. The lowest BCUT2D eigenvalue weighted by Crippen LogP contribution is -2.42. The average molecular weight is 453 g/mol. The molecule has 0 saturated heterocycles. The summed E-state index contributed by atoms with van der Waals surface area (Å²) in [5.41, 5.74) is 6.69. The molecular weight excluding hydrogens is 424 g/mol. The number of hydrogen-bond donors (Lipinski definition) is 4. The summed E-state index contributed by atoms with van der Waals surface area (Å²) in [6.07, 6.45) is 0.854. The Hall–Kier alpha value is -4.01. The number of aromatic nitrogens is 1. The molecule has 0 atom stereocenters. The molecule has 1 heterocycles. The van der Waals surface area contributed by atoms with E-state index in [0.717, 1.165) is 34.4 Å². The number of ether oxygens (including phenoxy) is 2. The Morgan fingerprint density at radius 1 is 0.909 bits per heavy atom. The van der Waals surface area contributed by atoms with Gasteiger partial charge in [-0.1, -0.05) is 19.1 Å². The smallest absolute Gasteiger partial charge is 0.286 e. The molecule has 1 aromatic heterocycles. The number of H-pyrrole nitrogens is 1. The van der Waals surface area contributed by atoms with Gasteiger partial charge in [0.25, 0.3) is 5.91 Å². The highest BCUT2D eigenvalue weighted by atomic mass is 16.5. The minimum absolute atomic E-state index is 0.00475. The monoisotopic (exact) mass is 452 g/mol. The highest BCUT2D eigenvalue weighted by molar-refractivity contribution is 5.99. The molecule has 0 aliphatic rings. The molecule has 0 radical (unpaired) electrons. The van der Waals surface area contributed by atoms with Gasteiger partial charge in [-0.25, -0.2) is 0 Å². The van der Waals surface area contributed by atoms with Gasteiger partial charge in [-0.3, -0.25) is 25.2 Å². The first-order valence-electron chi connectivity index (χ1n) is 10.7. The van der Waals surface area contributed by atoms with E-state index in [0.29, 0.717) is 18.8 Å². The fourth-order valence-corrected chi connectivity index (χ4v) is 3.06. The van der Waals surface area contributed by atoms with Gasteiger partial charge in [0.1, 0.15) is 17.2 Å². The van der Waals surface area contributed by atoms with Crippen molar-refractivity contribution in [1.29, 1.82) is 0 Å². The zero-order valence-electron chi connectivity index (χ0n) is 18.7. The molecule has 0 fully saturated rings. The van der Waals surface area contributed by atoms with Gasteiger partial charge in [-0.15, -0.1) is 0 Å². The lowest BCUT2D eigenvalue weighted by molar-refractivity contribution is -0.126. The number of carbonyl (C=O) groups excluding carboxylic acids is 3. The maximum atomic E-state index is 12.3. The Kier molecular flexibility index (Phi) is 8.29. The minimum atomic E-state index is -0.487. The fourth-order valence-electron chi connectivity index (χ4n) is 3.06. The number of nitrogens with one attached hydrogen (secondary N) is 4. The zero-order chi connectivity index (χ0) is 23.6. The van der Waals surface area contributed by atoms with E-state index < -0.39 is 11.8 Å². The Labute approximate surface area is 191 Å². The van der Waals surface area contributed by atoms with Crippen molar-refractivity contribution in [2.75, 3.05) is 13.7 Å². The number of carbonyl (C=O) groups is 3. The predicted molar refractivity (Wildman–Crippen MR) is 124 cm³/mol. The van der Waals surface area contributed by atoms with E-state index in [2.05, 4.69) is 21.2 Å². The van der Waals surface area contributed by atoms with E-state index in [1.54, 1.807) is 13.2 Å². The molecule has 0 aliphatic carbocycles. The van der Waals surface area contributed by atoms with E-state index in [1.165, 1.54) is 0 Å². The van der Waals surface area contributed by atoms with Crippen LogP contribution in [0.25, 0.3) is 10.9 Å². The summed E-state index contributed by atoms with van der Waals surface area (Å²) in [6, 6.07) is 14.5. The molecular formula is C24H28N4O5. The second kappa shape index (κ2) is 11.6. The summed E-state index contributed by atoms with van der Waals surface area (Å²) in [6.45, 7) is 3.00. The van der Waals surface area contributed by atoms with Gasteiger partial charge in [0.15, 0.2) is 0 Å². The quantitative estimate of drug-likeness (QED) is 0.353. The van der Waals surface area contributed by atoms with Crippen molar-refractivity contribution in [1.82, 2.24) is 21.2 Å². The Bertz CT molecular complexity index is 1110. The largest absolute Gasteiger partial charge is 0.497 e. The lowest BCUT2D eigenvalue weighted by atomic mass is 10.2. The van der Waals surface area contributed by atoms with E-state index in [4.69, 9.17) is 9.47 Å². The van der Waals surface area contributed by atoms with E-state index in [-0.39, 0.29) is 18.7 Å². The van der Waals surface area contributed by atoms with Gasteiger partial charge < -0.3 is 19.8 Å². The maximum Gasteiger partial charge on any atom is 0.286 e. The molecule has 0 aliphatic heterocycles. The van der Waals surface area contributed by atoms with Crippen LogP contribution < -0.4 is 25.6 Å². The van der Waals surface area contributed by atoms with Crippen LogP contribution in [0.3, 0.4) is 0 Å². The molecule has 3 aromatic rings. The second-order valence-corrected chi connectivity index (χ2v) is 7.41. The second-order valence-electron chi connectivity index (χ2n) is 7.41. The number of benzene rings is 2. The fraction of sp³-hybridized carbons (Fsp3) is 0.292. The number of hydrogen-bond acceptors (Lipinski definition) is 5. The molecule has 0 saturated carbocycles. The van der Waals surface area contributed by atoms with Crippen LogP contribution in [-0.4, -0.2) is 36.4 Å². The topological polar surface area (TPSA) is 122 Å². The van der Waals surface area contributed by atoms with E-state index in [9.17, 15) is 14.4 Å². The van der Waals surface area contributed by atoms with E-state index in [1.807, 2.05) is 49.4 Å². The first kappa shape index (κ1) is 23.6. The van der Waals surface area contributed by atoms with Crippen molar-refractivity contribution in [3.8, 4) is 11.5 Å². The van der Waals surface area contributed by atoms with Crippen molar-refractivity contribution in [2.24, 2.45) is 0 Å². The first-order chi connectivity index (χ1) is 16.0. The van der Waals surface area contributed by atoms with Crippen molar-refractivity contribution in [3.05, 3.63) is 59.8 Å². The van der Waals surface area contributed by atoms with Crippen LogP contribution in [0.2, 0.25) is 0 Å². The van der Waals surface area contributed by atoms with Crippen LogP contribution in [-0.2, 0) is 16.1 Å². The SMILES string of the molecule is CCCOc1ccc2[nH]c(C(=O)NNC(=O)CCC(=O)NCc3ccc(OC)cc3)cc2c1. The molecule has 3 amide bonds. The van der Waals surface area contributed by atoms with Gasteiger partial charge in [0.05, 0.1) is 13.7 Å². The van der Waals surface area contributed by atoms with Gasteiger partial charge in [-0.2, -0.15) is 0 Å².